The van der Waals surface area contributed by atoms with E-state index in [0.29, 0.717) is 0 Å². The van der Waals surface area contributed by atoms with Gasteiger partial charge in [0.25, 0.3) is 0 Å². The van der Waals surface area contributed by atoms with Crippen LogP contribution in [-0.2, 0) is 21.4 Å². The van der Waals surface area contributed by atoms with Crippen LogP contribution in [0.25, 0.3) is 22.3 Å². The van der Waals surface area contributed by atoms with Crippen molar-refractivity contribution in [1.29, 1.82) is 0 Å². The number of alkyl halides is 3. The number of halogens is 3. The fourth-order valence-electron chi connectivity index (χ4n) is 2.75. The Hall–Kier alpha value is -3.77. The summed E-state index contributed by atoms with van der Waals surface area (Å²) < 4.78 is 59.3. The quantitative estimate of drug-likeness (QED) is 0.401. The predicted molar refractivity (Wildman–Crippen MR) is 113 cm³/mol. The number of aliphatic carboxylic acids is 1. The molecule has 8 nitrogen and oxygen atoms in total. The number of hydrogen-bond donors (Lipinski definition) is 3. The predicted octanol–water partition coefficient (Wildman–Crippen LogP) is 3.74. The van der Waals surface area contributed by atoms with Crippen molar-refractivity contribution in [3.8, 4) is 11.3 Å². The van der Waals surface area contributed by atoms with Gasteiger partial charge in [-0.15, -0.1) is 0 Å². The maximum atomic E-state index is 12.5. The van der Waals surface area contributed by atoms with E-state index in [2.05, 4.69) is 19.7 Å². The summed E-state index contributed by atoms with van der Waals surface area (Å²) in [5.74, 6) is -2.76. The number of carboxylic acids is 1. The summed E-state index contributed by atoms with van der Waals surface area (Å²) >= 11 is 0. The number of hydrogen-bond acceptors (Lipinski definition) is 5. The fourth-order valence-corrected chi connectivity index (χ4v) is 3.77. The lowest BCUT2D eigenvalue weighted by Crippen LogP contribution is -2.23. The maximum Gasteiger partial charge on any atom is 0.490 e. The van der Waals surface area contributed by atoms with Gasteiger partial charge in [-0.25, -0.2) is 27.9 Å². The van der Waals surface area contributed by atoms with Crippen LogP contribution in [0.2, 0.25) is 0 Å². The standard InChI is InChI=1S/C19H16N4O2S.C2HF3O2/c24-26(25,23-12-14-4-2-1-3-5-14)16-8-6-15(7-9-16)18-17-10-11-20-19(17)22-13-21-18;3-2(4,5)1(6)7/h1-11,13,23H,12H2,(H,20,21,22);(H,6,7). The average Bonchev–Trinajstić information content (AvgIpc) is 3.27. The van der Waals surface area contributed by atoms with Crippen LogP contribution >= 0.6 is 0 Å². The third kappa shape index (κ3) is 6.14. The number of sulfonamides is 1. The first-order chi connectivity index (χ1) is 15.6. The lowest BCUT2D eigenvalue weighted by Gasteiger charge is -2.08. The van der Waals surface area contributed by atoms with Gasteiger partial charge >= 0.3 is 12.1 Å². The second-order valence-electron chi connectivity index (χ2n) is 6.60. The smallest absolute Gasteiger partial charge is 0.475 e. The molecule has 12 heteroatoms. The molecule has 0 fully saturated rings. The third-order valence-electron chi connectivity index (χ3n) is 4.34. The van der Waals surface area contributed by atoms with Gasteiger partial charge in [0, 0.05) is 23.7 Å². The van der Waals surface area contributed by atoms with Crippen LogP contribution in [0.15, 0.2) is 78.1 Å². The minimum atomic E-state index is -5.08. The van der Waals surface area contributed by atoms with Gasteiger partial charge in [0.15, 0.2) is 0 Å². The molecule has 2 aromatic heterocycles. The minimum Gasteiger partial charge on any atom is -0.475 e. The van der Waals surface area contributed by atoms with Crippen molar-refractivity contribution < 1.29 is 31.5 Å². The number of nitrogens with zero attached hydrogens (tertiary/aromatic N) is 2. The second kappa shape index (κ2) is 9.79. The molecule has 0 aliphatic carbocycles. The van der Waals surface area contributed by atoms with E-state index in [1.165, 1.54) is 6.33 Å². The van der Waals surface area contributed by atoms with Crippen LogP contribution in [0.4, 0.5) is 13.2 Å². The highest BCUT2D eigenvalue weighted by molar-refractivity contribution is 7.89. The number of aromatic amines is 1. The lowest BCUT2D eigenvalue weighted by atomic mass is 10.1. The molecule has 0 spiro atoms. The summed E-state index contributed by atoms with van der Waals surface area (Å²) in [5.41, 5.74) is 3.25. The van der Waals surface area contributed by atoms with Gasteiger partial charge in [0.2, 0.25) is 10.0 Å². The van der Waals surface area contributed by atoms with E-state index in [0.717, 1.165) is 27.9 Å². The van der Waals surface area contributed by atoms with Crippen LogP contribution in [0.3, 0.4) is 0 Å². The van der Waals surface area contributed by atoms with Crippen molar-refractivity contribution in [2.45, 2.75) is 17.6 Å². The van der Waals surface area contributed by atoms with Gasteiger partial charge in [0.1, 0.15) is 12.0 Å². The zero-order chi connectivity index (χ0) is 24.1. The summed E-state index contributed by atoms with van der Waals surface area (Å²) in [6.45, 7) is 0.251. The molecule has 0 atom stereocenters. The number of carbonyl (C=O) groups is 1. The molecule has 172 valence electrons. The fraction of sp³-hybridized carbons (Fsp3) is 0.0952. The van der Waals surface area contributed by atoms with Crippen molar-refractivity contribution in [3.05, 3.63) is 78.8 Å². The summed E-state index contributed by atoms with van der Waals surface area (Å²) in [6.07, 6.45) is -1.80. The molecule has 4 aromatic rings. The molecule has 0 saturated carbocycles. The lowest BCUT2D eigenvalue weighted by molar-refractivity contribution is -0.192. The van der Waals surface area contributed by atoms with Gasteiger partial charge in [-0.1, -0.05) is 42.5 Å². The highest BCUT2D eigenvalue weighted by atomic mass is 32.2. The number of fused-ring (bicyclic) bond motifs is 1. The second-order valence-corrected chi connectivity index (χ2v) is 8.37. The molecule has 2 aromatic carbocycles. The molecule has 0 bridgehead atoms. The van der Waals surface area contributed by atoms with Crippen LogP contribution in [0.1, 0.15) is 5.56 Å². The molecule has 0 saturated heterocycles. The number of carboxylic acid groups (broad SMARTS) is 1. The van der Waals surface area contributed by atoms with E-state index in [4.69, 9.17) is 9.90 Å². The number of benzene rings is 2. The highest BCUT2D eigenvalue weighted by Crippen LogP contribution is 2.25. The van der Waals surface area contributed by atoms with E-state index in [1.54, 1.807) is 30.5 Å². The topological polar surface area (TPSA) is 125 Å². The van der Waals surface area contributed by atoms with Crippen molar-refractivity contribution >= 4 is 27.0 Å². The Morgan fingerprint density at radius 3 is 2.24 bits per heavy atom. The van der Waals surface area contributed by atoms with Gasteiger partial charge in [-0.3, -0.25) is 0 Å². The van der Waals surface area contributed by atoms with E-state index in [-0.39, 0.29) is 11.4 Å². The molecule has 33 heavy (non-hydrogen) atoms. The Labute approximate surface area is 186 Å². The van der Waals surface area contributed by atoms with Gasteiger partial charge in [-0.2, -0.15) is 13.2 Å². The Balaban J connectivity index is 0.000000383. The monoisotopic (exact) mass is 478 g/mol. The highest BCUT2D eigenvalue weighted by Gasteiger charge is 2.38. The molecular formula is C21H17F3N4O4S. The zero-order valence-corrected chi connectivity index (χ0v) is 17.6. The summed E-state index contributed by atoms with van der Waals surface area (Å²) in [7, 11) is -3.58. The van der Waals surface area contributed by atoms with Crippen LogP contribution in [0, 0.1) is 0 Å². The summed E-state index contributed by atoms with van der Waals surface area (Å²) in [4.78, 5) is 20.6. The Bertz CT molecular complexity index is 1340. The molecule has 3 N–H and O–H groups in total. The van der Waals surface area contributed by atoms with E-state index in [1.807, 2.05) is 36.4 Å². The number of rotatable bonds is 5. The Morgan fingerprint density at radius 2 is 1.64 bits per heavy atom. The summed E-state index contributed by atoms with van der Waals surface area (Å²) in [5, 5.41) is 8.02. The average molecular weight is 478 g/mol. The first-order valence-corrected chi connectivity index (χ1v) is 10.8. The van der Waals surface area contributed by atoms with Crippen LogP contribution in [-0.4, -0.2) is 40.6 Å². The van der Waals surface area contributed by atoms with Crippen LogP contribution in [0.5, 0.6) is 0 Å². The van der Waals surface area contributed by atoms with Crippen molar-refractivity contribution in [1.82, 2.24) is 19.7 Å². The molecular weight excluding hydrogens is 461 g/mol. The molecule has 2 heterocycles. The van der Waals surface area contributed by atoms with Crippen LogP contribution < -0.4 is 4.72 Å². The zero-order valence-electron chi connectivity index (χ0n) is 16.7. The minimum absolute atomic E-state index is 0.219. The SMILES string of the molecule is O=C(O)C(F)(F)F.O=S(=O)(NCc1ccccc1)c1ccc(-c2ncnc3[nH]ccc23)cc1. The normalized spacial score (nSPS) is 11.6. The van der Waals surface area contributed by atoms with Crippen molar-refractivity contribution in [2.75, 3.05) is 0 Å². The molecule has 0 radical (unpaired) electrons. The van der Waals surface area contributed by atoms with E-state index < -0.39 is 22.2 Å². The maximum absolute atomic E-state index is 12.5. The summed E-state index contributed by atoms with van der Waals surface area (Å²) in [6, 6.07) is 18.0. The molecule has 0 aliphatic heterocycles. The first-order valence-electron chi connectivity index (χ1n) is 9.30. The molecule has 0 aliphatic rings. The van der Waals surface area contributed by atoms with Crippen molar-refractivity contribution in [3.63, 3.8) is 0 Å². The molecule has 4 rings (SSSR count). The van der Waals surface area contributed by atoms with Gasteiger partial charge in [0.05, 0.1) is 10.6 Å². The van der Waals surface area contributed by atoms with E-state index >= 15 is 0 Å². The Kier molecular flexibility index (Phi) is 7.09. The molecule has 0 unspecified atom stereocenters. The van der Waals surface area contributed by atoms with Gasteiger partial charge in [-0.05, 0) is 23.8 Å². The Morgan fingerprint density at radius 1 is 1.00 bits per heavy atom. The molecule has 0 amide bonds. The van der Waals surface area contributed by atoms with Crippen molar-refractivity contribution in [2.24, 2.45) is 0 Å². The number of nitrogens with one attached hydrogen (secondary N) is 2. The first kappa shape index (κ1) is 23.9. The largest absolute Gasteiger partial charge is 0.490 e. The van der Waals surface area contributed by atoms with Gasteiger partial charge < -0.3 is 10.1 Å². The third-order valence-corrected chi connectivity index (χ3v) is 5.76. The number of aromatic nitrogens is 3. The number of H-pyrrole nitrogens is 1. The van der Waals surface area contributed by atoms with E-state index in [9.17, 15) is 21.6 Å².